The number of halogens is 3. The van der Waals surface area contributed by atoms with Gasteiger partial charge in [0.25, 0.3) is 0 Å². The maximum atomic E-state index is 11.9. The number of aliphatic hydroxyl groups is 1. The third-order valence-electron chi connectivity index (χ3n) is 1.97. The fraction of sp³-hybridized carbons (Fsp3) is 0.625. The maximum Gasteiger partial charge on any atom is 0.416 e. The fourth-order valence-electron chi connectivity index (χ4n) is 1.04. The predicted molar refractivity (Wildman–Crippen MR) is 53.0 cm³/mol. The molecule has 0 aliphatic rings. The molecule has 0 saturated carbocycles. The van der Waals surface area contributed by atoms with Crippen molar-refractivity contribution in [2.24, 2.45) is 5.73 Å². The minimum atomic E-state index is -4.76. The van der Waals surface area contributed by atoms with Crippen molar-refractivity contribution in [2.45, 2.75) is 25.4 Å². The summed E-state index contributed by atoms with van der Waals surface area (Å²) >= 11 is 0. The lowest BCUT2D eigenvalue weighted by atomic mass is 10.3. The first-order valence-corrected chi connectivity index (χ1v) is 4.93. The highest BCUT2D eigenvalue weighted by Crippen LogP contribution is 2.19. The first kappa shape index (κ1) is 14.4. The van der Waals surface area contributed by atoms with Gasteiger partial charge >= 0.3 is 6.18 Å². The third kappa shape index (κ3) is 4.30. The zero-order valence-corrected chi connectivity index (χ0v) is 9.18. The number of aromatic nitrogens is 3. The average Bonchev–Trinajstić information content (AvgIpc) is 2.72. The predicted octanol–water partition coefficient (Wildman–Crippen LogP) is -1.22. The molecule has 0 spiro atoms. The summed E-state index contributed by atoms with van der Waals surface area (Å²) in [5, 5.41) is 17.7. The van der Waals surface area contributed by atoms with Crippen molar-refractivity contribution in [1.82, 2.24) is 20.3 Å². The van der Waals surface area contributed by atoms with E-state index in [-0.39, 0.29) is 13.1 Å². The van der Waals surface area contributed by atoms with E-state index in [1.165, 1.54) is 6.20 Å². The van der Waals surface area contributed by atoms with Crippen LogP contribution in [0.1, 0.15) is 5.69 Å². The number of aliphatic hydroxyl groups excluding tert-OH is 1. The van der Waals surface area contributed by atoms with Crippen LogP contribution in [0.2, 0.25) is 0 Å². The smallest absolute Gasteiger partial charge is 0.382 e. The Labute approximate surface area is 99.8 Å². The van der Waals surface area contributed by atoms with Crippen LogP contribution >= 0.6 is 0 Å². The Kier molecular flexibility index (Phi) is 4.62. The van der Waals surface area contributed by atoms with Crippen molar-refractivity contribution in [2.75, 3.05) is 6.54 Å². The second-order valence-corrected chi connectivity index (χ2v) is 3.47. The molecule has 7 nitrogen and oxygen atoms in total. The maximum absolute atomic E-state index is 11.9. The molecule has 1 aromatic rings. The monoisotopic (exact) mass is 267 g/mol. The minimum Gasteiger partial charge on any atom is -0.382 e. The Bertz CT molecular complexity index is 406. The fourth-order valence-corrected chi connectivity index (χ4v) is 1.04. The van der Waals surface area contributed by atoms with Crippen LogP contribution in [-0.4, -0.2) is 44.8 Å². The summed E-state index contributed by atoms with van der Waals surface area (Å²) < 4.78 is 36.9. The molecular weight excluding hydrogens is 255 g/mol. The summed E-state index contributed by atoms with van der Waals surface area (Å²) in [6, 6.07) is 0. The molecule has 102 valence electrons. The highest BCUT2D eigenvalue weighted by atomic mass is 19.4. The second kappa shape index (κ2) is 5.78. The van der Waals surface area contributed by atoms with E-state index in [0.717, 1.165) is 4.68 Å². The third-order valence-corrected chi connectivity index (χ3v) is 1.97. The molecule has 1 atom stereocenters. The Morgan fingerprint density at radius 2 is 2.28 bits per heavy atom. The van der Waals surface area contributed by atoms with Crippen molar-refractivity contribution >= 4 is 5.91 Å². The number of nitrogens with two attached hydrogens (primary N) is 1. The van der Waals surface area contributed by atoms with Gasteiger partial charge in [-0.2, -0.15) is 13.2 Å². The van der Waals surface area contributed by atoms with E-state index in [2.05, 4.69) is 10.3 Å². The van der Waals surface area contributed by atoms with E-state index in [1.807, 2.05) is 5.32 Å². The normalized spacial score (nSPS) is 13.4. The summed E-state index contributed by atoms with van der Waals surface area (Å²) in [5.41, 5.74) is 5.72. The van der Waals surface area contributed by atoms with Gasteiger partial charge in [-0.1, -0.05) is 5.21 Å². The number of nitrogens with zero attached hydrogens (tertiary/aromatic N) is 3. The lowest BCUT2D eigenvalue weighted by molar-refractivity contribution is -0.201. The molecule has 4 N–H and O–H groups in total. The Balaban J connectivity index is 2.38. The van der Waals surface area contributed by atoms with Crippen molar-refractivity contribution in [3.05, 3.63) is 11.9 Å². The first-order valence-electron chi connectivity index (χ1n) is 4.93. The quantitative estimate of drug-likeness (QED) is 0.620. The zero-order chi connectivity index (χ0) is 13.8. The van der Waals surface area contributed by atoms with E-state index >= 15 is 0 Å². The van der Waals surface area contributed by atoms with Crippen LogP contribution in [0.25, 0.3) is 0 Å². The number of nitrogens with one attached hydrogen (secondary N) is 1. The van der Waals surface area contributed by atoms with Gasteiger partial charge in [0.15, 0.2) is 6.10 Å². The Morgan fingerprint density at radius 1 is 1.61 bits per heavy atom. The lowest BCUT2D eigenvalue weighted by Gasteiger charge is -2.14. The van der Waals surface area contributed by atoms with Crippen LogP contribution in [0.3, 0.4) is 0 Å². The van der Waals surface area contributed by atoms with Gasteiger partial charge in [0.2, 0.25) is 5.91 Å². The molecule has 0 fully saturated rings. The number of alkyl halides is 3. The van der Waals surface area contributed by atoms with Crippen LogP contribution in [0.15, 0.2) is 6.20 Å². The first-order chi connectivity index (χ1) is 8.32. The van der Waals surface area contributed by atoms with Crippen LogP contribution in [0, 0.1) is 0 Å². The standard InChI is InChI=1S/C8H12F3N5O2/c9-8(10,11)6(17)2-13-7(18)4-16-3-5(1-12)14-15-16/h3,6,17H,1-2,4,12H2,(H,13,18). The van der Waals surface area contributed by atoms with Gasteiger partial charge in [-0.15, -0.1) is 5.10 Å². The number of hydrogen-bond donors (Lipinski definition) is 3. The summed E-state index contributed by atoms with van der Waals surface area (Å²) in [5.74, 6) is -0.716. The van der Waals surface area contributed by atoms with Gasteiger partial charge < -0.3 is 16.2 Å². The van der Waals surface area contributed by atoms with E-state index in [9.17, 15) is 18.0 Å². The van der Waals surface area contributed by atoms with Gasteiger partial charge in [0.05, 0.1) is 18.4 Å². The van der Waals surface area contributed by atoms with Gasteiger partial charge in [-0.05, 0) is 0 Å². The molecule has 10 heteroatoms. The molecular formula is C8H12F3N5O2. The van der Waals surface area contributed by atoms with Crippen molar-refractivity contribution in [3.63, 3.8) is 0 Å². The molecule has 1 heterocycles. The van der Waals surface area contributed by atoms with Gasteiger partial charge in [-0.25, -0.2) is 4.68 Å². The van der Waals surface area contributed by atoms with Crippen LogP contribution in [0.5, 0.6) is 0 Å². The molecule has 1 rings (SSSR count). The SMILES string of the molecule is NCc1cn(CC(=O)NCC(O)C(F)(F)F)nn1. The number of rotatable bonds is 5. The Hall–Kier alpha value is -1.68. The highest BCUT2D eigenvalue weighted by Gasteiger charge is 2.38. The highest BCUT2D eigenvalue weighted by molar-refractivity contribution is 5.75. The summed E-state index contributed by atoms with van der Waals surface area (Å²) in [4.78, 5) is 11.2. The molecule has 1 amide bonds. The average molecular weight is 267 g/mol. The molecule has 0 radical (unpaired) electrons. The zero-order valence-electron chi connectivity index (χ0n) is 9.18. The van der Waals surface area contributed by atoms with Crippen molar-refractivity contribution in [1.29, 1.82) is 0 Å². The molecule has 1 aromatic heterocycles. The van der Waals surface area contributed by atoms with Gasteiger partial charge in [0, 0.05) is 6.54 Å². The summed E-state index contributed by atoms with van der Waals surface area (Å²) in [7, 11) is 0. The van der Waals surface area contributed by atoms with Crippen molar-refractivity contribution < 1.29 is 23.1 Å². The summed E-state index contributed by atoms with van der Waals surface area (Å²) in [6.07, 6.45) is -5.94. The van der Waals surface area contributed by atoms with Crippen molar-refractivity contribution in [3.8, 4) is 0 Å². The molecule has 0 saturated heterocycles. The van der Waals surface area contributed by atoms with Gasteiger partial charge in [0.1, 0.15) is 6.54 Å². The molecule has 18 heavy (non-hydrogen) atoms. The number of amides is 1. The van der Waals surface area contributed by atoms with E-state index < -0.39 is 24.7 Å². The van der Waals surface area contributed by atoms with Crippen LogP contribution in [-0.2, 0) is 17.9 Å². The molecule has 0 aliphatic heterocycles. The van der Waals surface area contributed by atoms with Gasteiger partial charge in [-0.3, -0.25) is 4.79 Å². The van der Waals surface area contributed by atoms with Crippen LogP contribution < -0.4 is 11.1 Å². The second-order valence-electron chi connectivity index (χ2n) is 3.47. The van der Waals surface area contributed by atoms with Crippen LogP contribution in [0.4, 0.5) is 13.2 Å². The summed E-state index contributed by atoms with van der Waals surface area (Å²) in [6.45, 7) is -1.05. The number of carbonyl (C=O) groups excluding carboxylic acids is 1. The number of hydrogen-bond acceptors (Lipinski definition) is 5. The van der Waals surface area contributed by atoms with E-state index in [0.29, 0.717) is 5.69 Å². The topological polar surface area (TPSA) is 106 Å². The molecule has 0 aromatic carbocycles. The van der Waals surface area contributed by atoms with E-state index in [4.69, 9.17) is 10.8 Å². The largest absolute Gasteiger partial charge is 0.416 e. The minimum absolute atomic E-state index is 0.147. The molecule has 0 bridgehead atoms. The molecule has 1 unspecified atom stereocenters. The molecule has 0 aliphatic carbocycles. The van der Waals surface area contributed by atoms with E-state index in [1.54, 1.807) is 0 Å². The lowest BCUT2D eigenvalue weighted by Crippen LogP contribution is -2.41. The Morgan fingerprint density at radius 3 is 2.78 bits per heavy atom. The number of carbonyl (C=O) groups is 1.